The minimum absolute atomic E-state index is 0.0169. The van der Waals surface area contributed by atoms with Gasteiger partial charge in [0.15, 0.2) is 22.5 Å². The standard InChI is InChI=1S/C17H8Cl2N4O2/c18-13-16(19)21-23-22-17(13)20-11-7-3-6-10-12(11)15(25)9-5-2-1-4-8(9)14(10)24/h1-7H,(H,20,21,22). The van der Waals surface area contributed by atoms with Crippen molar-refractivity contribution in [2.75, 3.05) is 5.32 Å². The van der Waals surface area contributed by atoms with Gasteiger partial charge in [-0.05, 0) is 11.3 Å². The number of halogens is 2. The highest BCUT2D eigenvalue weighted by atomic mass is 35.5. The normalized spacial score (nSPS) is 12.6. The quantitative estimate of drug-likeness (QED) is 0.578. The highest BCUT2D eigenvalue weighted by molar-refractivity contribution is 6.42. The van der Waals surface area contributed by atoms with Gasteiger partial charge in [0.1, 0.15) is 5.02 Å². The molecule has 1 aliphatic rings. The third-order valence-corrected chi connectivity index (χ3v) is 4.59. The van der Waals surface area contributed by atoms with Crippen LogP contribution in [0.15, 0.2) is 42.5 Å². The fraction of sp³-hybridized carbons (Fsp3) is 0. The lowest BCUT2D eigenvalue weighted by molar-refractivity contribution is 0.0979. The topological polar surface area (TPSA) is 84.8 Å². The molecule has 1 heterocycles. The Labute approximate surface area is 151 Å². The van der Waals surface area contributed by atoms with Crippen LogP contribution in [0.4, 0.5) is 11.5 Å². The Bertz CT molecular complexity index is 1050. The van der Waals surface area contributed by atoms with Gasteiger partial charge >= 0.3 is 0 Å². The maximum absolute atomic E-state index is 12.9. The molecule has 0 bridgehead atoms. The zero-order valence-corrected chi connectivity index (χ0v) is 14.0. The molecular formula is C17H8Cl2N4O2. The summed E-state index contributed by atoms with van der Waals surface area (Å²) < 4.78 is 0. The smallest absolute Gasteiger partial charge is 0.196 e. The summed E-state index contributed by atoms with van der Waals surface area (Å²) in [6.45, 7) is 0. The lowest BCUT2D eigenvalue weighted by Crippen LogP contribution is -2.22. The molecule has 1 aromatic heterocycles. The molecule has 0 aliphatic heterocycles. The maximum Gasteiger partial charge on any atom is 0.196 e. The molecule has 0 spiro atoms. The van der Waals surface area contributed by atoms with Crippen molar-refractivity contribution in [1.29, 1.82) is 0 Å². The fourth-order valence-electron chi connectivity index (χ4n) is 2.75. The van der Waals surface area contributed by atoms with Gasteiger partial charge in [-0.3, -0.25) is 9.59 Å². The molecule has 8 heteroatoms. The number of hydrogen-bond acceptors (Lipinski definition) is 6. The molecule has 2 aromatic carbocycles. The number of ketones is 2. The molecule has 4 rings (SSSR count). The number of carbonyl (C=O) groups is 2. The summed E-state index contributed by atoms with van der Waals surface area (Å²) in [5.74, 6) is -0.314. The lowest BCUT2D eigenvalue weighted by atomic mass is 9.83. The third kappa shape index (κ3) is 2.47. The van der Waals surface area contributed by atoms with Gasteiger partial charge in [-0.1, -0.05) is 59.6 Å². The summed E-state index contributed by atoms with van der Waals surface area (Å²) in [6.07, 6.45) is 0. The molecule has 0 saturated carbocycles. The monoisotopic (exact) mass is 370 g/mol. The van der Waals surface area contributed by atoms with Crippen molar-refractivity contribution in [2.45, 2.75) is 0 Å². The number of rotatable bonds is 2. The van der Waals surface area contributed by atoms with Gasteiger partial charge in [0.05, 0.1) is 11.3 Å². The summed E-state index contributed by atoms with van der Waals surface area (Å²) in [4.78, 5) is 25.6. The molecule has 1 aliphatic carbocycles. The number of aromatic nitrogens is 3. The predicted octanol–water partition coefficient (Wildman–Crippen LogP) is 3.70. The maximum atomic E-state index is 12.9. The minimum Gasteiger partial charge on any atom is -0.337 e. The Kier molecular flexibility index (Phi) is 3.71. The first-order valence-corrected chi connectivity index (χ1v) is 7.96. The second-order valence-corrected chi connectivity index (χ2v) is 6.04. The second-order valence-electron chi connectivity index (χ2n) is 5.30. The van der Waals surface area contributed by atoms with Crippen LogP contribution in [0.25, 0.3) is 0 Å². The van der Waals surface area contributed by atoms with Gasteiger partial charge in [0.2, 0.25) is 0 Å². The Morgan fingerprint density at radius 3 is 2.24 bits per heavy atom. The Morgan fingerprint density at radius 1 is 0.800 bits per heavy atom. The van der Waals surface area contributed by atoms with Crippen molar-refractivity contribution >= 4 is 46.3 Å². The molecule has 25 heavy (non-hydrogen) atoms. The summed E-state index contributed by atoms with van der Waals surface area (Å²) in [6, 6.07) is 11.7. The SMILES string of the molecule is O=C1c2ccccc2C(=O)c2c(Nc3nnnc(Cl)c3Cl)cccc21. The van der Waals surface area contributed by atoms with Crippen LogP contribution < -0.4 is 5.32 Å². The van der Waals surface area contributed by atoms with Gasteiger partial charge in [0.25, 0.3) is 0 Å². The number of carbonyl (C=O) groups excluding carboxylic acids is 2. The van der Waals surface area contributed by atoms with Crippen LogP contribution in [-0.2, 0) is 0 Å². The zero-order valence-electron chi connectivity index (χ0n) is 12.5. The van der Waals surface area contributed by atoms with Crippen molar-refractivity contribution in [3.63, 3.8) is 0 Å². The average Bonchev–Trinajstić information content (AvgIpc) is 2.63. The average molecular weight is 371 g/mol. The number of hydrogen-bond donors (Lipinski definition) is 1. The zero-order chi connectivity index (χ0) is 17.6. The van der Waals surface area contributed by atoms with E-state index in [4.69, 9.17) is 23.2 Å². The van der Waals surface area contributed by atoms with E-state index < -0.39 is 0 Å². The third-order valence-electron chi connectivity index (χ3n) is 3.87. The summed E-state index contributed by atoms with van der Waals surface area (Å²) >= 11 is 11.9. The molecule has 122 valence electrons. The van der Waals surface area contributed by atoms with Crippen LogP contribution >= 0.6 is 23.2 Å². The van der Waals surface area contributed by atoms with Crippen LogP contribution in [0, 0.1) is 0 Å². The van der Waals surface area contributed by atoms with E-state index in [1.165, 1.54) is 0 Å². The van der Waals surface area contributed by atoms with E-state index in [2.05, 4.69) is 20.7 Å². The number of nitrogens with zero attached hydrogens (tertiary/aromatic N) is 3. The van der Waals surface area contributed by atoms with Gasteiger partial charge in [-0.2, -0.15) is 0 Å². The lowest BCUT2D eigenvalue weighted by Gasteiger charge is -2.20. The molecule has 0 fully saturated rings. The van der Waals surface area contributed by atoms with E-state index in [1.807, 2.05) is 0 Å². The van der Waals surface area contributed by atoms with Crippen LogP contribution in [0.5, 0.6) is 0 Å². The largest absolute Gasteiger partial charge is 0.337 e. The number of benzene rings is 2. The molecule has 3 aromatic rings. The first-order chi connectivity index (χ1) is 12.1. The molecule has 0 saturated heterocycles. The van der Waals surface area contributed by atoms with Gasteiger partial charge in [-0.15, -0.1) is 10.2 Å². The summed E-state index contributed by atoms with van der Waals surface area (Å²) in [5.41, 5.74) is 1.72. The summed E-state index contributed by atoms with van der Waals surface area (Å²) in [5, 5.41) is 13.8. The first kappa shape index (κ1) is 15.7. The van der Waals surface area contributed by atoms with E-state index in [0.717, 1.165) is 0 Å². The van der Waals surface area contributed by atoms with Crippen LogP contribution in [0.1, 0.15) is 31.8 Å². The first-order valence-electron chi connectivity index (χ1n) is 7.20. The second kappa shape index (κ2) is 5.91. The molecule has 6 nitrogen and oxygen atoms in total. The van der Waals surface area contributed by atoms with E-state index in [9.17, 15) is 9.59 Å². The van der Waals surface area contributed by atoms with Crippen LogP contribution in [0.2, 0.25) is 10.2 Å². The Balaban J connectivity index is 1.87. The van der Waals surface area contributed by atoms with E-state index >= 15 is 0 Å². The van der Waals surface area contributed by atoms with Crippen molar-refractivity contribution < 1.29 is 9.59 Å². The highest BCUT2D eigenvalue weighted by Crippen LogP contribution is 2.34. The number of fused-ring (bicyclic) bond motifs is 2. The number of nitrogens with one attached hydrogen (secondary N) is 1. The van der Waals surface area contributed by atoms with Gasteiger partial charge < -0.3 is 5.32 Å². The highest BCUT2D eigenvalue weighted by Gasteiger charge is 2.31. The van der Waals surface area contributed by atoms with E-state index in [1.54, 1.807) is 42.5 Å². The van der Waals surface area contributed by atoms with Crippen molar-refractivity contribution in [2.24, 2.45) is 0 Å². The van der Waals surface area contributed by atoms with E-state index in [-0.39, 0.29) is 33.1 Å². The van der Waals surface area contributed by atoms with Crippen LogP contribution in [-0.4, -0.2) is 27.0 Å². The minimum atomic E-state index is -0.252. The van der Waals surface area contributed by atoms with Crippen LogP contribution in [0.3, 0.4) is 0 Å². The van der Waals surface area contributed by atoms with Crippen molar-refractivity contribution in [3.05, 3.63) is 74.9 Å². The Morgan fingerprint density at radius 2 is 1.48 bits per heavy atom. The molecule has 0 atom stereocenters. The molecule has 0 amide bonds. The number of anilines is 2. The van der Waals surface area contributed by atoms with Gasteiger partial charge in [0, 0.05) is 16.7 Å². The fourth-order valence-corrected chi connectivity index (χ4v) is 2.99. The molecular weight excluding hydrogens is 363 g/mol. The predicted molar refractivity (Wildman–Crippen MR) is 92.9 cm³/mol. The summed E-state index contributed by atoms with van der Waals surface area (Å²) in [7, 11) is 0. The molecule has 1 N–H and O–H groups in total. The van der Waals surface area contributed by atoms with Gasteiger partial charge in [-0.25, -0.2) is 0 Å². The van der Waals surface area contributed by atoms with Crippen molar-refractivity contribution in [3.8, 4) is 0 Å². The molecule has 0 radical (unpaired) electrons. The van der Waals surface area contributed by atoms with E-state index in [0.29, 0.717) is 22.4 Å². The van der Waals surface area contributed by atoms with Crippen molar-refractivity contribution in [1.82, 2.24) is 15.4 Å². The Hall–Kier alpha value is -2.83. The molecule has 0 unspecified atom stereocenters.